The Balaban J connectivity index is 0.000000118. The third-order valence-electron chi connectivity index (χ3n) is 17.9. The van der Waals surface area contributed by atoms with E-state index in [1.165, 1.54) is 11.1 Å². The van der Waals surface area contributed by atoms with Gasteiger partial charge in [0.15, 0.2) is 64.1 Å². The van der Waals surface area contributed by atoms with Crippen LogP contribution in [0.3, 0.4) is 0 Å². The first-order valence-electron chi connectivity index (χ1n) is 37.2. The molecule has 5 heterocycles. The molecular weight excluding hydrogens is 1390 g/mol. The van der Waals surface area contributed by atoms with Crippen LogP contribution in [0.1, 0.15) is 28.3 Å². The molecule has 544 valence electrons. The molecule has 0 N–H and O–H groups in total. The molecular formula is C99H78N14. The van der Waals surface area contributed by atoms with Crippen LogP contribution in [0.2, 0.25) is 0 Å². The van der Waals surface area contributed by atoms with E-state index >= 15 is 0 Å². The van der Waals surface area contributed by atoms with Crippen molar-refractivity contribution in [3.63, 3.8) is 0 Å². The van der Waals surface area contributed by atoms with E-state index in [2.05, 4.69) is 100 Å². The summed E-state index contributed by atoms with van der Waals surface area (Å²) in [4.78, 5) is 64.8. The molecule has 18 rings (SSSR count). The first-order chi connectivity index (χ1) is 55.5. The van der Waals surface area contributed by atoms with Gasteiger partial charge in [0.25, 0.3) is 0 Å². The predicted octanol–water partition coefficient (Wildman–Crippen LogP) is 23.2. The van der Waals surface area contributed by atoms with Gasteiger partial charge in [0.05, 0.1) is 11.4 Å². The van der Waals surface area contributed by atoms with Crippen LogP contribution in [0, 0.1) is 34.6 Å². The summed E-state index contributed by atoms with van der Waals surface area (Å²) in [6, 6.07) is 127. The van der Waals surface area contributed by atoms with E-state index in [1.807, 2.05) is 341 Å². The molecule has 0 aliphatic rings. The van der Waals surface area contributed by atoms with Crippen molar-refractivity contribution >= 4 is 0 Å². The van der Waals surface area contributed by atoms with Gasteiger partial charge < -0.3 is 0 Å². The van der Waals surface area contributed by atoms with E-state index in [0.29, 0.717) is 64.1 Å². The van der Waals surface area contributed by atoms with Crippen molar-refractivity contribution in [3.8, 4) is 148 Å². The third-order valence-corrected chi connectivity index (χ3v) is 17.9. The Morgan fingerprint density at radius 1 is 0.142 bits per heavy atom. The highest BCUT2D eigenvalue weighted by Gasteiger charge is 2.17. The van der Waals surface area contributed by atoms with Gasteiger partial charge >= 0.3 is 0 Å². The van der Waals surface area contributed by atoms with E-state index in [1.54, 1.807) is 0 Å². The number of rotatable bonds is 13. The molecule has 5 aromatic heterocycles. The summed E-state index contributed by atoms with van der Waals surface area (Å²) in [5.41, 5.74) is 18.6. The van der Waals surface area contributed by atoms with Gasteiger partial charge in [0.1, 0.15) is 11.6 Å². The van der Waals surface area contributed by atoms with Crippen molar-refractivity contribution in [1.82, 2.24) is 69.8 Å². The average Bonchev–Trinajstić information content (AvgIpc) is 0.802. The largest absolute Gasteiger partial charge is 0.233 e. The summed E-state index contributed by atoms with van der Waals surface area (Å²) in [5, 5.41) is 0. The summed E-state index contributed by atoms with van der Waals surface area (Å²) in [6.07, 6.45) is 0. The third kappa shape index (κ3) is 20.2. The topological polar surface area (TPSA) is 180 Å². The fourth-order valence-corrected chi connectivity index (χ4v) is 12.1. The normalized spacial score (nSPS) is 10.5. The number of hydrogen-bond donors (Lipinski definition) is 0. The molecule has 0 saturated carbocycles. The Kier molecular flexibility index (Phi) is 24.6. The number of benzene rings is 13. The minimum atomic E-state index is 0.685. The van der Waals surface area contributed by atoms with Crippen LogP contribution in [0.4, 0.5) is 0 Å². The van der Waals surface area contributed by atoms with Crippen LogP contribution in [-0.2, 0) is 0 Å². The van der Waals surface area contributed by atoms with Gasteiger partial charge in [0, 0.05) is 72.3 Å². The number of hydrogen-bond acceptors (Lipinski definition) is 14. The fourth-order valence-electron chi connectivity index (χ4n) is 12.1. The second-order valence-electron chi connectivity index (χ2n) is 26.3. The molecule has 0 fully saturated rings. The Labute approximate surface area is 658 Å². The quantitative estimate of drug-likeness (QED) is 0.106. The van der Waals surface area contributed by atoms with Crippen LogP contribution in [0.5, 0.6) is 0 Å². The molecule has 14 heteroatoms. The molecule has 0 saturated heterocycles. The van der Waals surface area contributed by atoms with Crippen molar-refractivity contribution in [2.75, 3.05) is 0 Å². The van der Waals surface area contributed by atoms with Crippen molar-refractivity contribution in [2.24, 2.45) is 0 Å². The Hall–Kier alpha value is -15.0. The van der Waals surface area contributed by atoms with E-state index < -0.39 is 0 Å². The number of aryl methyl sites for hydroxylation is 5. The van der Waals surface area contributed by atoms with Crippen molar-refractivity contribution in [3.05, 3.63) is 411 Å². The number of aromatic nitrogens is 14. The molecule has 0 unspecified atom stereocenters. The minimum absolute atomic E-state index is 0.685. The summed E-state index contributed by atoms with van der Waals surface area (Å²) in [5.74, 6) is 9.15. The van der Waals surface area contributed by atoms with Crippen molar-refractivity contribution < 1.29 is 0 Å². The van der Waals surface area contributed by atoms with E-state index in [4.69, 9.17) is 44.9 Å². The second-order valence-corrected chi connectivity index (χ2v) is 26.3. The highest BCUT2D eigenvalue weighted by atomic mass is 15.1. The zero-order chi connectivity index (χ0) is 77.3. The highest BCUT2D eigenvalue weighted by molar-refractivity contribution is 5.72. The summed E-state index contributed by atoms with van der Waals surface area (Å²) in [6.45, 7) is 10.0. The molecule has 0 aliphatic carbocycles. The molecule has 14 nitrogen and oxygen atoms in total. The summed E-state index contributed by atoms with van der Waals surface area (Å²) < 4.78 is 0. The van der Waals surface area contributed by atoms with E-state index in [0.717, 1.165) is 101 Å². The highest BCUT2D eigenvalue weighted by Crippen LogP contribution is 2.31. The van der Waals surface area contributed by atoms with Crippen LogP contribution in [-0.4, -0.2) is 69.8 Å². The maximum absolute atomic E-state index is 4.74. The monoisotopic (exact) mass is 1460 g/mol. The van der Waals surface area contributed by atoms with Gasteiger partial charge in [-0.3, -0.25) is 0 Å². The van der Waals surface area contributed by atoms with Crippen LogP contribution < -0.4 is 0 Å². The zero-order valence-electron chi connectivity index (χ0n) is 63.1. The Morgan fingerprint density at radius 3 is 0.646 bits per heavy atom. The molecule has 18 aromatic rings. The fraction of sp³-hybridized carbons (Fsp3) is 0.0505. The van der Waals surface area contributed by atoms with Gasteiger partial charge in [-0.25, -0.2) is 69.8 Å². The summed E-state index contributed by atoms with van der Waals surface area (Å²) >= 11 is 0. The molecule has 0 spiro atoms. The van der Waals surface area contributed by atoms with Gasteiger partial charge in [-0.2, -0.15) is 0 Å². The Morgan fingerprint density at radius 2 is 0.363 bits per heavy atom. The standard InChI is InChI=1S/3C22H17N3.C17H14N2.C16H13N3/c1-16-10-8-9-15-19(16)22-24-20(17-11-4-2-5-12-17)23-21(25-22)18-13-6-3-7-14-18;1-16-9-8-14-19(15-16)22-24-20(17-10-4-2-5-11-17)23-21(25-22)18-12-6-3-7-13-18;1-16-12-14-19(15-13-16)22-24-20(17-8-4-2-5-9-17)23-21(25-22)18-10-6-3-7-11-18;1-13-18-16(14-8-4-2-5-9-14)12-17(19-13)15-10-6-3-7-11-15;1-12-17-15(13-8-4-2-5-9-13)19-16(18-12)14-10-6-3-7-11-14/h3*2-15H,1H3;2-12H,1H3;2-11H,1H3. The molecule has 0 amide bonds. The molecule has 0 radical (unpaired) electrons. The van der Waals surface area contributed by atoms with Gasteiger partial charge in [-0.1, -0.05) is 381 Å². The lowest BCUT2D eigenvalue weighted by Gasteiger charge is -2.09. The first-order valence-corrected chi connectivity index (χ1v) is 37.2. The molecule has 13 aromatic carbocycles. The SMILES string of the molecule is Cc1ccc(-c2nc(-c3ccccc3)nc(-c3ccccc3)n2)cc1.Cc1cccc(-c2nc(-c3ccccc3)nc(-c3ccccc3)n2)c1.Cc1ccccc1-c1nc(-c2ccccc2)nc(-c2ccccc2)n1.Cc1nc(-c2ccccc2)cc(-c2ccccc2)n1.Cc1nc(-c2ccccc2)nc(-c2ccccc2)n1. The second kappa shape index (κ2) is 37.2. The van der Waals surface area contributed by atoms with Crippen LogP contribution >= 0.6 is 0 Å². The smallest absolute Gasteiger partial charge is 0.164 e. The molecule has 0 bridgehead atoms. The minimum Gasteiger partial charge on any atom is -0.233 e. The lowest BCUT2D eigenvalue weighted by atomic mass is 10.1. The van der Waals surface area contributed by atoms with Crippen molar-refractivity contribution in [1.29, 1.82) is 0 Å². The predicted molar refractivity (Wildman–Crippen MR) is 456 cm³/mol. The van der Waals surface area contributed by atoms with Crippen LogP contribution in [0.25, 0.3) is 148 Å². The molecule has 0 aliphatic heterocycles. The van der Waals surface area contributed by atoms with Crippen LogP contribution in [0.15, 0.2) is 382 Å². The van der Waals surface area contributed by atoms with E-state index in [-0.39, 0.29) is 0 Å². The average molecular weight is 1460 g/mol. The molecule has 113 heavy (non-hydrogen) atoms. The van der Waals surface area contributed by atoms with Crippen molar-refractivity contribution in [2.45, 2.75) is 34.6 Å². The lowest BCUT2D eigenvalue weighted by molar-refractivity contribution is 0.992. The van der Waals surface area contributed by atoms with Gasteiger partial charge in [0.2, 0.25) is 0 Å². The van der Waals surface area contributed by atoms with Gasteiger partial charge in [-0.15, -0.1) is 0 Å². The molecule has 0 atom stereocenters. The Bertz CT molecular complexity index is 5650. The zero-order valence-corrected chi connectivity index (χ0v) is 63.1. The summed E-state index contributed by atoms with van der Waals surface area (Å²) in [7, 11) is 0. The maximum atomic E-state index is 4.74. The number of nitrogens with zero attached hydrogens (tertiary/aromatic N) is 14. The van der Waals surface area contributed by atoms with E-state index in [9.17, 15) is 0 Å². The first kappa shape index (κ1) is 74.8. The maximum Gasteiger partial charge on any atom is 0.164 e. The van der Waals surface area contributed by atoms with Gasteiger partial charge in [-0.05, 0) is 52.3 Å². The lowest BCUT2D eigenvalue weighted by Crippen LogP contribution is -2.00.